The summed E-state index contributed by atoms with van der Waals surface area (Å²) in [5.41, 5.74) is 0.405. The van der Waals surface area contributed by atoms with Crippen LogP contribution in [-0.4, -0.2) is 25.6 Å². The van der Waals surface area contributed by atoms with Crippen LogP contribution in [0.1, 0.15) is 30.6 Å². The molecule has 0 bridgehead atoms. The number of carbonyl (C=O) groups excluding carboxylic acids is 1. The van der Waals surface area contributed by atoms with Crippen LogP contribution in [0, 0.1) is 5.82 Å². The molecule has 0 fully saturated rings. The zero-order valence-corrected chi connectivity index (χ0v) is 10.2. The molecule has 1 aromatic carbocycles. The molecule has 0 atom stereocenters. The van der Waals surface area contributed by atoms with Crippen molar-refractivity contribution in [1.29, 1.82) is 0 Å². The molecule has 0 radical (unpaired) electrons. The van der Waals surface area contributed by atoms with Crippen LogP contribution in [0.3, 0.4) is 0 Å². The minimum Gasteiger partial charge on any atom is -0.493 e. The molecule has 0 unspecified atom stereocenters. The van der Waals surface area contributed by atoms with Crippen molar-refractivity contribution < 1.29 is 18.7 Å². The van der Waals surface area contributed by atoms with E-state index in [0.717, 1.165) is 0 Å². The summed E-state index contributed by atoms with van der Waals surface area (Å²) in [6, 6.07) is 3.93. The van der Waals surface area contributed by atoms with Gasteiger partial charge in [0, 0.05) is 25.7 Å². The molecule has 0 saturated heterocycles. The van der Waals surface area contributed by atoms with Crippen molar-refractivity contribution in [3.63, 3.8) is 0 Å². The highest BCUT2D eigenvalue weighted by Gasteiger charge is 2.09. The fraction of sp³-hybridized carbons (Fsp3) is 0.462. The maximum Gasteiger partial charge on any atom is 0.163 e. The molecule has 0 amide bonds. The number of rotatable bonds is 7. The molecule has 0 aromatic heterocycles. The van der Waals surface area contributed by atoms with E-state index in [4.69, 9.17) is 9.47 Å². The standard InChI is InChI=1S/C13H17FO3/c1-3-16-7-4-8-17-13-9-11(14)5-6-12(13)10(2)15/h5-6,9H,3-4,7-8H2,1-2H3. The van der Waals surface area contributed by atoms with Gasteiger partial charge >= 0.3 is 0 Å². The van der Waals surface area contributed by atoms with Gasteiger partial charge < -0.3 is 9.47 Å². The van der Waals surface area contributed by atoms with E-state index in [2.05, 4.69) is 0 Å². The van der Waals surface area contributed by atoms with Crippen molar-refractivity contribution in [1.82, 2.24) is 0 Å². The summed E-state index contributed by atoms with van der Waals surface area (Å²) in [5, 5.41) is 0. The highest BCUT2D eigenvalue weighted by Crippen LogP contribution is 2.20. The molecule has 0 aliphatic rings. The van der Waals surface area contributed by atoms with Gasteiger partial charge in [0.25, 0.3) is 0 Å². The van der Waals surface area contributed by atoms with E-state index < -0.39 is 5.82 Å². The number of hydrogen-bond acceptors (Lipinski definition) is 3. The molecular formula is C13H17FO3. The largest absolute Gasteiger partial charge is 0.493 e. The molecule has 94 valence electrons. The molecule has 4 heteroatoms. The lowest BCUT2D eigenvalue weighted by Gasteiger charge is -2.09. The van der Waals surface area contributed by atoms with Crippen molar-refractivity contribution in [3.05, 3.63) is 29.6 Å². The molecule has 3 nitrogen and oxygen atoms in total. The molecule has 17 heavy (non-hydrogen) atoms. The predicted molar refractivity (Wildman–Crippen MR) is 63.0 cm³/mol. The average Bonchev–Trinajstić information content (AvgIpc) is 2.28. The SMILES string of the molecule is CCOCCCOc1cc(F)ccc1C(C)=O. The third kappa shape index (κ3) is 4.53. The first-order chi connectivity index (χ1) is 8.15. The molecule has 0 heterocycles. The zero-order valence-electron chi connectivity index (χ0n) is 10.2. The molecule has 1 rings (SSSR count). The van der Waals surface area contributed by atoms with E-state index in [1.165, 1.54) is 25.1 Å². The quantitative estimate of drug-likeness (QED) is 0.543. The summed E-state index contributed by atoms with van der Waals surface area (Å²) in [5.74, 6) is -0.242. The predicted octanol–water partition coefficient (Wildman–Crippen LogP) is 2.83. The van der Waals surface area contributed by atoms with Crippen LogP contribution in [0.4, 0.5) is 4.39 Å². The van der Waals surface area contributed by atoms with Gasteiger partial charge in [-0.25, -0.2) is 4.39 Å². The highest BCUT2D eigenvalue weighted by molar-refractivity contribution is 5.96. The maximum absolute atomic E-state index is 13.0. The first-order valence-electron chi connectivity index (χ1n) is 5.66. The average molecular weight is 240 g/mol. The first-order valence-corrected chi connectivity index (χ1v) is 5.66. The monoisotopic (exact) mass is 240 g/mol. The fourth-order valence-corrected chi connectivity index (χ4v) is 1.39. The van der Waals surface area contributed by atoms with E-state index in [1.807, 2.05) is 6.92 Å². The van der Waals surface area contributed by atoms with Gasteiger partial charge in [0.1, 0.15) is 11.6 Å². The number of hydrogen-bond donors (Lipinski definition) is 0. The minimum absolute atomic E-state index is 0.134. The van der Waals surface area contributed by atoms with Gasteiger partial charge in [0.15, 0.2) is 5.78 Å². The highest BCUT2D eigenvalue weighted by atomic mass is 19.1. The number of ketones is 1. The van der Waals surface area contributed by atoms with Gasteiger partial charge in [-0.1, -0.05) is 0 Å². The Hall–Kier alpha value is -1.42. The molecular weight excluding hydrogens is 223 g/mol. The summed E-state index contributed by atoms with van der Waals surface area (Å²) in [4.78, 5) is 11.3. The number of Topliss-reactive ketones (excluding diaryl/α,β-unsaturated/α-hetero) is 1. The Morgan fingerprint density at radius 2 is 2.12 bits per heavy atom. The first kappa shape index (κ1) is 13.6. The van der Waals surface area contributed by atoms with Gasteiger partial charge in [-0.2, -0.15) is 0 Å². The summed E-state index contributed by atoms with van der Waals surface area (Å²) in [6.45, 7) is 5.02. The number of halogens is 1. The van der Waals surface area contributed by atoms with Crippen LogP contribution in [0.2, 0.25) is 0 Å². The lowest BCUT2D eigenvalue weighted by Crippen LogP contribution is -2.06. The van der Waals surface area contributed by atoms with Gasteiger partial charge in [0.05, 0.1) is 12.2 Å². The number of ether oxygens (including phenoxy) is 2. The molecule has 0 aliphatic heterocycles. The van der Waals surface area contributed by atoms with E-state index >= 15 is 0 Å². The topological polar surface area (TPSA) is 35.5 Å². The molecule has 0 saturated carbocycles. The van der Waals surface area contributed by atoms with E-state index in [0.29, 0.717) is 37.6 Å². The van der Waals surface area contributed by atoms with Gasteiger partial charge in [-0.3, -0.25) is 4.79 Å². The van der Waals surface area contributed by atoms with Gasteiger partial charge in [0.2, 0.25) is 0 Å². The smallest absolute Gasteiger partial charge is 0.163 e. The van der Waals surface area contributed by atoms with Crippen molar-refractivity contribution in [2.45, 2.75) is 20.3 Å². The van der Waals surface area contributed by atoms with Crippen molar-refractivity contribution >= 4 is 5.78 Å². The molecule has 0 aliphatic carbocycles. The Morgan fingerprint density at radius 3 is 2.76 bits per heavy atom. The second-order valence-electron chi connectivity index (χ2n) is 3.60. The number of benzene rings is 1. The van der Waals surface area contributed by atoms with Gasteiger partial charge in [-0.05, 0) is 26.0 Å². The van der Waals surface area contributed by atoms with Crippen molar-refractivity contribution in [3.8, 4) is 5.75 Å². The summed E-state index contributed by atoms with van der Waals surface area (Å²) in [6.07, 6.45) is 0.710. The second-order valence-corrected chi connectivity index (χ2v) is 3.60. The minimum atomic E-state index is -0.408. The van der Waals surface area contributed by atoms with Crippen LogP contribution in [0.25, 0.3) is 0 Å². The van der Waals surface area contributed by atoms with Crippen molar-refractivity contribution in [2.24, 2.45) is 0 Å². The number of carbonyl (C=O) groups is 1. The zero-order chi connectivity index (χ0) is 12.7. The Labute approximate surface area is 101 Å². The summed E-state index contributed by atoms with van der Waals surface area (Å²) >= 11 is 0. The molecule has 1 aromatic rings. The van der Waals surface area contributed by atoms with Crippen LogP contribution in [0.5, 0.6) is 5.75 Å². The third-order valence-electron chi connectivity index (χ3n) is 2.22. The second kappa shape index (κ2) is 7.01. The maximum atomic E-state index is 13.0. The van der Waals surface area contributed by atoms with Crippen LogP contribution >= 0.6 is 0 Å². The Kier molecular flexibility index (Phi) is 5.63. The van der Waals surface area contributed by atoms with Crippen LogP contribution < -0.4 is 4.74 Å². The van der Waals surface area contributed by atoms with E-state index in [9.17, 15) is 9.18 Å². The van der Waals surface area contributed by atoms with Crippen LogP contribution in [0.15, 0.2) is 18.2 Å². The van der Waals surface area contributed by atoms with Crippen LogP contribution in [-0.2, 0) is 4.74 Å². The summed E-state index contributed by atoms with van der Waals surface area (Å²) < 4.78 is 23.6. The van der Waals surface area contributed by atoms with Gasteiger partial charge in [-0.15, -0.1) is 0 Å². The molecule has 0 N–H and O–H groups in total. The Morgan fingerprint density at radius 1 is 1.35 bits per heavy atom. The van der Waals surface area contributed by atoms with E-state index in [1.54, 1.807) is 0 Å². The lowest BCUT2D eigenvalue weighted by molar-refractivity contribution is 0.101. The Balaban J connectivity index is 2.56. The molecule has 0 spiro atoms. The fourth-order valence-electron chi connectivity index (χ4n) is 1.39. The van der Waals surface area contributed by atoms with E-state index in [-0.39, 0.29) is 5.78 Å². The van der Waals surface area contributed by atoms with Crippen molar-refractivity contribution in [2.75, 3.05) is 19.8 Å². The lowest BCUT2D eigenvalue weighted by atomic mass is 10.1. The normalized spacial score (nSPS) is 10.3. The summed E-state index contributed by atoms with van der Waals surface area (Å²) in [7, 11) is 0. The Bertz CT molecular complexity index is 377. The third-order valence-corrected chi connectivity index (χ3v) is 2.22.